The van der Waals surface area contributed by atoms with Gasteiger partial charge in [-0.3, -0.25) is 0 Å². The van der Waals surface area contributed by atoms with E-state index in [0.29, 0.717) is 10.8 Å². The summed E-state index contributed by atoms with van der Waals surface area (Å²) in [6, 6.07) is 11.6. The van der Waals surface area contributed by atoms with Gasteiger partial charge >= 0.3 is 0 Å². The van der Waals surface area contributed by atoms with Crippen molar-refractivity contribution in [2.45, 2.75) is 11.4 Å². The average Bonchev–Trinajstić information content (AvgIpc) is 2.53. The topological polar surface area (TPSA) is 64.6 Å². The van der Waals surface area contributed by atoms with Crippen molar-refractivity contribution in [2.75, 3.05) is 14.2 Å². The zero-order valence-corrected chi connectivity index (χ0v) is 13.7. The Morgan fingerprint density at radius 3 is 2.41 bits per heavy atom. The molecule has 0 amide bonds. The number of benzene rings is 2. The van der Waals surface area contributed by atoms with Gasteiger partial charge in [0, 0.05) is 17.1 Å². The zero-order chi connectivity index (χ0) is 16.2. The molecule has 0 saturated heterocycles. The normalized spacial score (nSPS) is 11.2. The van der Waals surface area contributed by atoms with Gasteiger partial charge < -0.3 is 9.47 Å². The van der Waals surface area contributed by atoms with Crippen LogP contribution in [0.1, 0.15) is 5.56 Å². The highest BCUT2D eigenvalue weighted by atomic mass is 35.5. The molecule has 0 atom stereocenters. The number of nitrogens with one attached hydrogen (secondary N) is 1. The Balaban J connectivity index is 2.27. The highest BCUT2D eigenvalue weighted by molar-refractivity contribution is 7.89. The lowest BCUT2D eigenvalue weighted by molar-refractivity contribution is 0.402. The van der Waals surface area contributed by atoms with E-state index in [1.165, 1.54) is 26.4 Å². The number of hydrogen-bond donors (Lipinski definition) is 1. The van der Waals surface area contributed by atoms with Crippen LogP contribution in [0.5, 0.6) is 11.5 Å². The Morgan fingerprint density at radius 1 is 1.05 bits per heavy atom. The Kier molecular flexibility index (Phi) is 5.28. The largest absolute Gasteiger partial charge is 0.496 e. The average molecular weight is 342 g/mol. The van der Waals surface area contributed by atoms with Crippen molar-refractivity contribution in [2.24, 2.45) is 0 Å². The van der Waals surface area contributed by atoms with Gasteiger partial charge in [-0.1, -0.05) is 29.8 Å². The molecule has 2 rings (SSSR count). The van der Waals surface area contributed by atoms with Crippen molar-refractivity contribution in [3.8, 4) is 11.5 Å². The first kappa shape index (κ1) is 16.6. The van der Waals surface area contributed by atoms with E-state index in [9.17, 15) is 8.42 Å². The molecule has 0 aromatic heterocycles. The van der Waals surface area contributed by atoms with Crippen molar-refractivity contribution in [1.29, 1.82) is 0 Å². The maximum absolute atomic E-state index is 12.4. The molecule has 0 spiro atoms. The first-order chi connectivity index (χ1) is 10.5. The number of ether oxygens (including phenoxy) is 2. The second-order valence-corrected chi connectivity index (χ2v) is 6.60. The molecule has 5 nitrogen and oxygen atoms in total. The van der Waals surface area contributed by atoms with Crippen molar-refractivity contribution < 1.29 is 17.9 Å². The van der Waals surface area contributed by atoms with E-state index in [2.05, 4.69) is 4.72 Å². The highest BCUT2D eigenvalue weighted by Gasteiger charge is 2.20. The van der Waals surface area contributed by atoms with E-state index >= 15 is 0 Å². The highest BCUT2D eigenvalue weighted by Crippen LogP contribution is 2.27. The maximum Gasteiger partial charge on any atom is 0.244 e. The second-order valence-electron chi connectivity index (χ2n) is 4.43. The lowest BCUT2D eigenvalue weighted by Gasteiger charge is -2.12. The Morgan fingerprint density at radius 2 is 1.73 bits per heavy atom. The number of rotatable bonds is 6. The summed E-state index contributed by atoms with van der Waals surface area (Å²) in [4.78, 5) is -0.00241. The molecular formula is C15H16ClNO4S. The number of para-hydroxylation sites is 1. The molecule has 0 saturated carbocycles. The summed E-state index contributed by atoms with van der Waals surface area (Å²) in [5.74, 6) is 0.847. The van der Waals surface area contributed by atoms with Crippen LogP contribution < -0.4 is 14.2 Å². The Bertz CT molecular complexity index is 762. The molecule has 0 fully saturated rings. The van der Waals surface area contributed by atoms with Crippen LogP contribution in [0.4, 0.5) is 0 Å². The molecule has 0 aliphatic rings. The molecule has 2 aromatic rings. The molecule has 0 radical (unpaired) electrons. The monoisotopic (exact) mass is 341 g/mol. The van der Waals surface area contributed by atoms with E-state index < -0.39 is 10.0 Å². The fourth-order valence-electron chi connectivity index (χ4n) is 1.96. The first-order valence-corrected chi connectivity index (χ1v) is 8.29. The second kappa shape index (κ2) is 7.00. The zero-order valence-electron chi connectivity index (χ0n) is 12.2. The van der Waals surface area contributed by atoms with Crippen molar-refractivity contribution in [1.82, 2.24) is 4.72 Å². The predicted octanol–water partition coefficient (Wildman–Crippen LogP) is 2.84. The van der Waals surface area contributed by atoms with Crippen molar-refractivity contribution >= 4 is 21.6 Å². The van der Waals surface area contributed by atoms with Gasteiger partial charge in [-0.25, -0.2) is 13.1 Å². The third-order valence-electron chi connectivity index (χ3n) is 3.06. The molecular weight excluding hydrogens is 326 g/mol. The predicted molar refractivity (Wildman–Crippen MR) is 85.0 cm³/mol. The number of hydrogen-bond acceptors (Lipinski definition) is 4. The Labute approximate surface area is 134 Å². The molecule has 22 heavy (non-hydrogen) atoms. The van der Waals surface area contributed by atoms with Crippen LogP contribution in [0.3, 0.4) is 0 Å². The Hall–Kier alpha value is -1.76. The van der Waals surface area contributed by atoms with Crippen LogP contribution in [-0.2, 0) is 16.6 Å². The van der Waals surface area contributed by atoms with Gasteiger partial charge in [-0.05, 0) is 24.3 Å². The summed E-state index contributed by atoms with van der Waals surface area (Å²) in [7, 11) is -0.823. The van der Waals surface area contributed by atoms with Crippen molar-refractivity contribution in [3.63, 3.8) is 0 Å². The van der Waals surface area contributed by atoms with Gasteiger partial charge in [0.25, 0.3) is 0 Å². The first-order valence-electron chi connectivity index (χ1n) is 6.43. The minimum Gasteiger partial charge on any atom is -0.496 e. The van der Waals surface area contributed by atoms with Crippen LogP contribution in [0.15, 0.2) is 47.4 Å². The molecule has 0 aliphatic carbocycles. The van der Waals surface area contributed by atoms with E-state index in [0.717, 1.165) is 5.56 Å². The molecule has 0 unspecified atom stereocenters. The summed E-state index contributed by atoms with van der Waals surface area (Å²) >= 11 is 5.88. The van der Waals surface area contributed by atoms with E-state index in [4.69, 9.17) is 21.1 Å². The molecule has 7 heteroatoms. The maximum atomic E-state index is 12.4. The van der Waals surface area contributed by atoms with Gasteiger partial charge in [0.05, 0.1) is 14.2 Å². The molecule has 0 bridgehead atoms. The summed E-state index contributed by atoms with van der Waals surface area (Å²) in [5.41, 5.74) is 0.731. The van der Waals surface area contributed by atoms with Crippen LogP contribution in [0, 0.1) is 0 Å². The summed E-state index contributed by atoms with van der Waals surface area (Å²) in [6.07, 6.45) is 0. The van der Waals surface area contributed by atoms with Gasteiger partial charge in [0.15, 0.2) is 0 Å². The SMILES string of the molecule is COc1ccccc1CNS(=O)(=O)c1cc(Cl)ccc1OC. The van der Waals surface area contributed by atoms with Crippen LogP contribution >= 0.6 is 11.6 Å². The smallest absolute Gasteiger partial charge is 0.244 e. The number of halogens is 1. The van der Waals surface area contributed by atoms with E-state index in [1.54, 1.807) is 18.2 Å². The minimum absolute atomic E-state index is 0.00241. The van der Waals surface area contributed by atoms with Gasteiger partial charge in [-0.2, -0.15) is 0 Å². The molecule has 0 heterocycles. The lowest BCUT2D eigenvalue weighted by atomic mass is 10.2. The van der Waals surface area contributed by atoms with Gasteiger partial charge in [-0.15, -0.1) is 0 Å². The van der Waals surface area contributed by atoms with Crippen molar-refractivity contribution in [3.05, 3.63) is 53.1 Å². The molecule has 1 N–H and O–H groups in total. The van der Waals surface area contributed by atoms with Crippen LogP contribution in [-0.4, -0.2) is 22.6 Å². The number of methoxy groups -OCH3 is 2. The van der Waals surface area contributed by atoms with Crippen LogP contribution in [0.25, 0.3) is 0 Å². The standard InChI is InChI=1S/C15H16ClNO4S/c1-20-13-6-4-3-5-11(13)10-17-22(18,19)15-9-12(16)7-8-14(15)21-2/h3-9,17H,10H2,1-2H3. The fourth-order valence-corrected chi connectivity index (χ4v) is 3.40. The van der Waals surface area contributed by atoms with Gasteiger partial charge in [0.2, 0.25) is 10.0 Å². The quantitative estimate of drug-likeness (QED) is 0.877. The van der Waals surface area contributed by atoms with E-state index in [-0.39, 0.29) is 17.2 Å². The molecule has 0 aliphatic heterocycles. The summed E-state index contributed by atoms with van der Waals surface area (Å²) in [5, 5.41) is 0.318. The molecule has 2 aromatic carbocycles. The number of sulfonamides is 1. The fraction of sp³-hybridized carbons (Fsp3) is 0.200. The van der Waals surface area contributed by atoms with Gasteiger partial charge in [0.1, 0.15) is 16.4 Å². The minimum atomic E-state index is -3.76. The summed E-state index contributed by atoms with van der Waals surface area (Å²) in [6.45, 7) is 0.0992. The van der Waals surface area contributed by atoms with E-state index in [1.807, 2.05) is 12.1 Å². The van der Waals surface area contributed by atoms with Crippen LogP contribution in [0.2, 0.25) is 5.02 Å². The lowest BCUT2D eigenvalue weighted by Crippen LogP contribution is -2.24. The summed E-state index contributed by atoms with van der Waals surface area (Å²) < 4.78 is 37.7. The molecule has 118 valence electrons. The third-order valence-corrected chi connectivity index (χ3v) is 4.72. The third kappa shape index (κ3) is 3.71.